The Morgan fingerprint density at radius 1 is 1.21 bits per heavy atom. The average Bonchev–Trinajstić information content (AvgIpc) is 2.92. The summed E-state index contributed by atoms with van der Waals surface area (Å²) in [5.41, 5.74) is 2.27. The molecule has 19 heavy (non-hydrogen) atoms. The fourth-order valence-electron chi connectivity index (χ4n) is 1.93. The van der Waals surface area contributed by atoms with Gasteiger partial charge in [-0.1, -0.05) is 15.9 Å². The Kier molecular flexibility index (Phi) is 3.80. The fraction of sp³-hybridized carbons (Fsp3) is 0.133. The van der Waals surface area contributed by atoms with Crippen molar-refractivity contribution in [2.45, 2.75) is 6.42 Å². The molecule has 3 rings (SSSR count). The van der Waals surface area contributed by atoms with Crippen LogP contribution in [0.3, 0.4) is 0 Å². The second kappa shape index (κ2) is 5.72. The van der Waals surface area contributed by atoms with Crippen molar-refractivity contribution in [1.29, 1.82) is 0 Å². The van der Waals surface area contributed by atoms with Crippen LogP contribution in [-0.4, -0.2) is 11.6 Å². The molecular formula is C15H12BrNOS. The summed E-state index contributed by atoms with van der Waals surface area (Å²) in [6.45, 7) is 0.686. The molecule has 0 bridgehead atoms. The van der Waals surface area contributed by atoms with E-state index in [4.69, 9.17) is 4.74 Å². The Balaban J connectivity index is 1.77. The third-order valence-electron chi connectivity index (χ3n) is 2.89. The quantitative estimate of drug-likeness (QED) is 0.691. The first kappa shape index (κ1) is 12.6. The monoisotopic (exact) mass is 333 g/mol. The first-order valence-corrected chi connectivity index (χ1v) is 7.75. The fourth-order valence-corrected chi connectivity index (χ4v) is 2.99. The molecule has 0 saturated carbocycles. The van der Waals surface area contributed by atoms with Crippen LogP contribution in [0.1, 0.15) is 5.56 Å². The second-order valence-corrected chi connectivity index (χ2v) is 5.90. The predicted octanol–water partition coefficient (Wildman–Crippen LogP) is 4.68. The van der Waals surface area contributed by atoms with Crippen LogP contribution in [0.5, 0.6) is 5.75 Å². The maximum Gasteiger partial charge on any atom is 0.130 e. The van der Waals surface area contributed by atoms with E-state index in [1.807, 2.05) is 24.3 Å². The number of ether oxygens (including phenoxy) is 1. The van der Waals surface area contributed by atoms with E-state index in [0.717, 1.165) is 27.5 Å². The molecule has 0 atom stereocenters. The summed E-state index contributed by atoms with van der Waals surface area (Å²) in [7, 11) is 0. The van der Waals surface area contributed by atoms with Crippen molar-refractivity contribution in [3.8, 4) is 5.75 Å². The zero-order valence-corrected chi connectivity index (χ0v) is 12.6. The van der Waals surface area contributed by atoms with Crippen molar-refractivity contribution in [3.63, 3.8) is 0 Å². The molecule has 2 nitrogen and oxygen atoms in total. The molecule has 0 radical (unpaired) electrons. The van der Waals surface area contributed by atoms with E-state index < -0.39 is 0 Å². The first-order valence-electron chi connectivity index (χ1n) is 6.01. The van der Waals surface area contributed by atoms with E-state index in [2.05, 4.69) is 37.7 Å². The molecule has 0 aliphatic rings. The molecule has 0 fully saturated rings. The molecule has 0 saturated heterocycles. The van der Waals surface area contributed by atoms with Gasteiger partial charge in [-0.25, -0.2) is 0 Å². The highest BCUT2D eigenvalue weighted by Gasteiger charge is 2.03. The third-order valence-corrected chi connectivity index (χ3v) is 4.12. The zero-order chi connectivity index (χ0) is 13.1. The van der Waals surface area contributed by atoms with Gasteiger partial charge in [-0.15, -0.1) is 0 Å². The summed E-state index contributed by atoms with van der Waals surface area (Å²) in [6.07, 6.45) is 2.72. The minimum atomic E-state index is 0.686. The number of rotatable bonds is 4. The Morgan fingerprint density at radius 2 is 2.16 bits per heavy atom. The topological polar surface area (TPSA) is 22.1 Å². The highest BCUT2D eigenvalue weighted by atomic mass is 79.9. The van der Waals surface area contributed by atoms with Gasteiger partial charge in [-0.2, -0.15) is 11.3 Å². The van der Waals surface area contributed by atoms with Crippen LogP contribution in [0.4, 0.5) is 0 Å². The van der Waals surface area contributed by atoms with Gasteiger partial charge in [0.2, 0.25) is 0 Å². The first-order chi connectivity index (χ1) is 9.33. The molecule has 0 spiro atoms. The van der Waals surface area contributed by atoms with Gasteiger partial charge < -0.3 is 4.74 Å². The van der Waals surface area contributed by atoms with E-state index >= 15 is 0 Å². The lowest BCUT2D eigenvalue weighted by Gasteiger charge is -2.08. The van der Waals surface area contributed by atoms with Crippen LogP contribution in [0.15, 0.2) is 51.8 Å². The van der Waals surface area contributed by atoms with E-state index in [9.17, 15) is 0 Å². The number of halogens is 1. The summed E-state index contributed by atoms with van der Waals surface area (Å²) in [5, 5.41) is 5.30. The molecule has 0 unspecified atom stereocenters. The minimum absolute atomic E-state index is 0.686. The Morgan fingerprint density at radius 3 is 3.00 bits per heavy atom. The summed E-state index contributed by atoms with van der Waals surface area (Å²) in [4.78, 5) is 4.35. The number of nitrogens with zero attached hydrogens (tertiary/aromatic N) is 1. The van der Waals surface area contributed by atoms with E-state index in [1.54, 1.807) is 17.5 Å². The number of pyridine rings is 1. The lowest BCUT2D eigenvalue weighted by molar-refractivity contribution is 0.325. The number of fused-ring (bicyclic) bond motifs is 1. The molecule has 0 aliphatic heterocycles. The van der Waals surface area contributed by atoms with Gasteiger partial charge in [0, 0.05) is 22.5 Å². The Labute approximate surface area is 124 Å². The summed E-state index contributed by atoms with van der Waals surface area (Å²) < 4.78 is 6.91. The van der Waals surface area contributed by atoms with Crippen molar-refractivity contribution in [2.24, 2.45) is 0 Å². The molecule has 0 N–H and O–H groups in total. The highest BCUT2D eigenvalue weighted by Crippen LogP contribution is 2.26. The normalized spacial score (nSPS) is 10.8. The van der Waals surface area contributed by atoms with Gasteiger partial charge in [-0.05, 0) is 46.7 Å². The average molecular weight is 334 g/mol. The molecule has 1 aromatic carbocycles. The lowest BCUT2D eigenvalue weighted by atomic mass is 10.2. The predicted molar refractivity (Wildman–Crippen MR) is 83.0 cm³/mol. The van der Waals surface area contributed by atoms with E-state index in [-0.39, 0.29) is 0 Å². The standard InChI is InChI=1S/C15H12BrNOS/c16-12-1-2-13-14(9-12)17-6-3-15(13)18-7-4-11-5-8-19-10-11/h1-3,5-6,8-10H,4,7H2. The zero-order valence-electron chi connectivity index (χ0n) is 10.2. The van der Waals surface area contributed by atoms with Crippen LogP contribution in [-0.2, 0) is 6.42 Å². The number of hydrogen-bond acceptors (Lipinski definition) is 3. The Bertz CT molecular complexity index is 682. The van der Waals surface area contributed by atoms with E-state index in [0.29, 0.717) is 6.61 Å². The van der Waals surface area contributed by atoms with Gasteiger partial charge in [0.25, 0.3) is 0 Å². The van der Waals surface area contributed by atoms with Crippen molar-refractivity contribution in [1.82, 2.24) is 4.98 Å². The van der Waals surface area contributed by atoms with Gasteiger partial charge in [-0.3, -0.25) is 4.98 Å². The minimum Gasteiger partial charge on any atom is -0.492 e. The van der Waals surface area contributed by atoms with Crippen LogP contribution >= 0.6 is 27.3 Å². The molecule has 96 valence electrons. The molecule has 4 heteroatoms. The van der Waals surface area contributed by atoms with Crippen LogP contribution in [0.2, 0.25) is 0 Å². The third kappa shape index (κ3) is 2.96. The number of aromatic nitrogens is 1. The van der Waals surface area contributed by atoms with Crippen molar-refractivity contribution in [2.75, 3.05) is 6.61 Å². The smallest absolute Gasteiger partial charge is 0.130 e. The summed E-state index contributed by atoms with van der Waals surface area (Å²) >= 11 is 5.18. The largest absolute Gasteiger partial charge is 0.492 e. The van der Waals surface area contributed by atoms with Crippen LogP contribution < -0.4 is 4.74 Å². The van der Waals surface area contributed by atoms with Gasteiger partial charge in [0.15, 0.2) is 0 Å². The van der Waals surface area contributed by atoms with E-state index in [1.165, 1.54) is 5.56 Å². The highest BCUT2D eigenvalue weighted by molar-refractivity contribution is 9.10. The number of hydrogen-bond donors (Lipinski definition) is 0. The molecule has 2 aromatic heterocycles. The number of benzene rings is 1. The molecule has 0 aliphatic carbocycles. The number of thiophene rings is 1. The summed E-state index contributed by atoms with van der Waals surface area (Å²) in [5.74, 6) is 0.896. The maximum absolute atomic E-state index is 5.88. The second-order valence-electron chi connectivity index (χ2n) is 4.20. The Hall–Kier alpha value is -1.39. The van der Waals surface area contributed by atoms with Crippen molar-refractivity contribution < 1.29 is 4.74 Å². The van der Waals surface area contributed by atoms with Gasteiger partial charge in [0.05, 0.1) is 12.1 Å². The molecule has 0 amide bonds. The summed E-state index contributed by atoms with van der Waals surface area (Å²) in [6, 6.07) is 10.1. The molecule has 2 heterocycles. The van der Waals surface area contributed by atoms with Crippen LogP contribution in [0, 0.1) is 0 Å². The maximum atomic E-state index is 5.88. The molecule has 3 aromatic rings. The molecular weight excluding hydrogens is 322 g/mol. The van der Waals surface area contributed by atoms with Crippen LogP contribution in [0.25, 0.3) is 10.9 Å². The lowest BCUT2D eigenvalue weighted by Crippen LogP contribution is -2.01. The van der Waals surface area contributed by atoms with Crippen molar-refractivity contribution >= 4 is 38.2 Å². The van der Waals surface area contributed by atoms with Gasteiger partial charge >= 0.3 is 0 Å². The van der Waals surface area contributed by atoms with Crippen molar-refractivity contribution in [3.05, 3.63) is 57.3 Å². The van der Waals surface area contributed by atoms with Gasteiger partial charge in [0.1, 0.15) is 5.75 Å². The SMILES string of the molecule is Brc1ccc2c(OCCc3ccsc3)ccnc2c1.